The second-order valence-corrected chi connectivity index (χ2v) is 4.45. The smallest absolute Gasteiger partial charge is 0.233 e. The number of halogens is 2. The summed E-state index contributed by atoms with van der Waals surface area (Å²) in [6, 6.07) is 4.84. The van der Waals surface area contributed by atoms with Gasteiger partial charge in [-0.15, -0.1) is 0 Å². The molecule has 1 aromatic rings. The minimum atomic E-state index is -0.280. The summed E-state index contributed by atoms with van der Waals surface area (Å²) in [4.78, 5) is 13.0. The highest BCUT2D eigenvalue weighted by Crippen LogP contribution is 2.17. The van der Waals surface area contributed by atoms with Crippen LogP contribution in [0.3, 0.4) is 0 Å². The molecule has 0 spiro atoms. The molecule has 0 saturated heterocycles. The van der Waals surface area contributed by atoms with Crippen molar-refractivity contribution in [1.29, 1.82) is 0 Å². The number of carbonyl (C=O) groups excluding carboxylic acids is 1. The van der Waals surface area contributed by atoms with Crippen molar-refractivity contribution in [2.75, 3.05) is 20.6 Å². The molecule has 0 saturated carbocycles. The van der Waals surface area contributed by atoms with Gasteiger partial charge in [0.2, 0.25) is 5.91 Å². The van der Waals surface area contributed by atoms with Crippen molar-refractivity contribution in [3.8, 4) is 0 Å². The van der Waals surface area contributed by atoms with Crippen LogP contribution in [-0.2, 0) is 11.3 Å². The van der Waals surface area contributed by atoms with Crippen LogP contribution >= 0.6 is 15.9 Å². The SMILES string of the molecule is CNC(=O)CN(C)Cc1ccc(F)c(Br)c1. The van der Waals surface area contributed by atoms with Crippen LogP contribution in [0.5, 0.6) is 0 Å². The summed E-state index contributed by atoms with van der Waals surface area (Å²) in [7, 11) is 3.44. The highest BCUT2D eigenvalue weighted by atomic mass is 79.9. The van der Waals surface area contributed by atoms with Gasteiger partial charge in [0.05, 0.1) is 11.0 Å². The molecule has 0 aliphatic rings. The van der Waals surface area contributed by atoms with Crippen LogP contribution < -0.4 is 5.32 Å². The third-order valence-electron chi connectivity index (χ3n) is 2.13. The third-order valence-corrected chi connectivity index (χ3v) is 2.74. The summed E-state index contributed by atoms with van der Waals surface area (Å²) in [5.74, 6) is -0.318. The number of hydrogen-bond donors (Lipinski definition) is 1. The molecule has 1 aromatic carbocycles. The van der Waals surface area contributed by atoms with Gasteiger partial charge < -0.3 is 5.32 Å². The van der Waals surface area contributed by atoms with Crippen molar-refractivity contribution >= 4 is 21.8 Å². The van der Waals surface area contributed by atoms with E-state index in [1.165, 1.54) is 6.07 Å². The molecule has 0 aliphatic heterocycles. The van der Waals surface area contributed by atoms with Crippen LogP contribution in [0.25, 0.3) is 0 Å². The van der Waals surface area contributed by atoms with Gasteiger partial charge in [-0.25, -0.2) is 4.39 Å². The molecule has 88 valence electrons. The molecule has 5 heteroatoms. The van der Waals surface area contributed by atoms with Crippen molar-refractivity contribution in [3.05, 3.63) is 34.1 Å². The van der Waals surface area contributed by atoms with Crippen molar-refractivity contribution < 1.29 is 9.18 Å². The van der Waals surface area contributed by atoms with Crippen LogP contribution in [0.4, 0.5) is 4.39 Å². The first-order chi connectivity index (χ1) is 7.52. The fraction of sp³-hybridized carbons (Fsp3) is 0.364. The van der Waals surface area contributed by atoms with E-state index >= 15 is 0 Å². The van der Waals surface area contributed by atoms with Crippen molar-refractivity contribution in [3.63, 3.8) is 0 Å². The van der Waals surface area contributed by atoms with Gasteiger partial charge in [0.15, 0.2) is 0 Å². The van der Waals surface area contributed by atoms with E-state index in [4.69, 9.17) is 0 Å². The van der Waals surface area contributed by atoms with E-state index in [0.717, 1.165) is 5.56 Å². The average Bonchev–Trinajstić information content (AvgIpc) is 2.23. The number of likely N-dealkylation sites (N-methyl/N-ethyl adjacent to an activating group) is 2. The molecular weight excluding hydrogens is 275 g/mol. The van der Waals surface area contributed by atoms with E-state index in [2.05, 4.69) is 21.2 Å². The number of benzene rings is 1. The molecule has 1 rings (SSSR count). The normalized spacial score (nSPS) is 10.6. The first-order valence-electron chi connectivity index (χ1n) is 4.86. The Morgan fingerprint density at radius 1 is 1.56 bits per heavy atom. The molecule has 3 nitrogen and oxygen atoms in total. The van der Waals surface area contributed by atoms with Crippen molar-refractivity contribution in [2.24, 2.45) is 0 Å². The number of nitrogens with one attached hydrogen (secondary N) is 1. The summed E-state index contributed by atoms with van der Waals surface area (Å²) < 4.78 is 13.4. The second-order valence-electron chi connectivity index (χ2n) is 3.59. The highest BCUT2D eigenvalue weighted by molar-refractivity contribution is 9.10. The van der Waals surface area contributed by atoms with Crippen LogP contribution in [0.2, 0.25) is 0 Å². The zero-order valence-corrected chi connectivity index (χ0v) is 10.8. The molecule has 0 unspecified atom stereocenters. The maximum atomic E-state index is 13.0. The van der Waals surface area contributed by atoms with Crippen LogP contribution in [0, 0.1) is 5.82 Å². The van der Waals surface area contributed by atoms with E-state index in [1.54, 1.807) is 19.2 Å². The predicted octanol–water partition coefficient (Wildman–Crippen LogP) is 1.77. The van der Waals surface area contributed by atoms with E-state index in [9.17, 15) is 9.18 Å². The van der Waals surface area contributed by atoms with Crippen LogP contribution in [0.15, 0.2) is 22.7 Å². The molecule has 0 aromatic heterocycles. The fourth-order valence-electron chi connectivity index (χ4n) is 1.33. The lowest BCUT2D eigenvalue weighted by Gasteiger charge is -2.15. The van der Waals surface area contributed by atoms with E-state index in [-0.39, 0.29) is 11.7 Å². The first-order valence-corrected chi connectivity index (χ1v) is 5.65. The summed E-state index contributed by atoms with van der Waals surface area (Å²) in [6.07, 6.45) is 0. The van der Waals surface area contributed by atoms with Crippen LogP contribution in [0.1, 0.15) is 5.56 Å². The largest absolute Gasteiger partial charge is 0.358 e. The Bertz CT molecular complexity index is 384. The molecule has 0 fully saturated rings. The zero-order chi connectivity index (χ0) is 12.1. The summed E-state index contributed by atoms with van der Waals surface area (Å²) in [5.41, 5.74) is 0.958. The first kappa shape index (κ1) is 13.1. The van der Waals surface area contributed by atoms with Crippen molar-refractivity contribution in [2.45, 2.75) is 6.54 Å². The predicted molar refractivity (Wildman–Crippen MR) is 64.5 cm³/mol. The minimum absolute atomic E-state index is 0.0383. The van der Waals surface area contributed by atoms with Gasteiger partial charge in [-0.3, -0.25) is 9.69 Å². The Kier molecular flexibility index (Phi) is 4.89. The lowest BCUT2D eigenvalue weighted by molar-refractivity contribution is -0.121. The summed E-state index contributed by atoms with van der Waals surface area (Å²) >= 11 is 3.13. The van der Waals surface area contributed by atoms with Crippen LogP contribution in [-0.4, -0.2) is 31.4 Å². The maximum absolute atomic E-state index is 13.0. The zero-order valence-electron chi connectivity index (χ0n) is 9.26. The van der Waals surface area contributed by atoms with Gasteiger partial charge in [-0.1, -0.05) is 6.07 Å². The Morgan fingerprint density at radius 3 is 2.81 bits per heavy atom. The fourth-order valence-corrected chi connectivity index (χ4v) is 1.76. The molecule has 0 aliphatic carbocycles. The number of hydrogen-bond acceptors (Lipinski definition) is 2. The monoisotopic (exact) mass is 288 g/mol. The number of amides is 1. The van der Waals surface area contributed by atoms with E-state index in [1.807, 2.05) is 11.9 Å². The third kappa shape index (κ3) is 3.90. The molecule has 0 bridgehead atoms. The quantitative estimate of drug-likeness (QED) is 0.916. The Balaban J connectivity index is 2.59. The molecule has 0 heterocycles. The topological polar surface area (TPSA) is 32.3 Å². The Labute approximate surface area is 103 Å². The summed E-state index contributed by atoms with van der Waals surface area (Å²) in [6.45, 7) is 0.928. The molecule has 0 radical (unpaired) electrons. The summed E-state index contributed by atoms with van der Waals surface area (Å²) in [5, 5.41) is 2.55. The number of rotatable bonds is 4. The van der Waals surface area contributed by atoms with Gasteiger partial charge in [0.25, 0.3) is 0 Å². The van der Waals surface area contributed by atoms with Gasteiger partial charge in [-0.2, -0.15) is 0 Å². The molecule has 1 N–H and O–H groups in total. The lowest BCUT2D eigenvalue weighted by Crippen LogP contribution is -2.32. The maximum Gasteiger partial charge on any atom is 0.233 e. The van der Waals surface area contributed by atoms with E-state index < -0.39 is 0 Å². The van der Waals surface area contributed by atoms with Crippen molar-refractivity contribution in [1.82, 2.24) is 10.2 Å². The molecular formula is C11H14BrFN2O. The van der Waals surface area contributed by atoms with Gasteiger partial charge in [-0.05, 0) is 40.7 Å². The average molecular weight is 289 g/mol. The second kappa shape index (κ2) is 5.96. The Hall–Kier alpha value is -0.940. The molecule has 0 atom stereocenters. The van der Waals surface area contributed by atoms with Gasteiger partial charge in [0.1, 0.15) is 5.82 Å². The van der Waals surface area contributed by atoms with Gasteiger partial charge in [0, 0.05) is 13.6 Å². The van der Waals surface area contributed by atoms with Gasteiger partial charge >= 0.3 is 0 Å². The standard InChI is InChI=1S/C11H14BrFN2O/c1-14-11(16)7-15(2)6-8-3-4-10(13)9(12)5-8/h3-5H,6-7H2,1-2H3,(H,14,16). The molecule has 16 heavy (non-hydrogen) atoms. The number of nitrogens with zero attached hydrogens (tertiary/aromatic N) is 1. The number of carbonyl (C=O) groups is 1. The molecule has 1 amide bonds. The highest BCUT2D eigenvalue weighted by Gasteiger charge is 2.06. The Morgan fingerprint density at radius 2 is 2.25 bits per heavy atom. The lowest BCUT2D eigenvalue weighted by atomic mass is 10.2. The van der Waals surface area contributed by atoms with E-state index in [0.29, 0.717) is 17.6 Å². The minimum Gasteiger partial charge on any atom is -0.358 e.